The summed E-state index contributed by atoms with van der Waals surface area (Å²) >= 11 is 7.15. The molecule has 64 valence electrons. The summed E-state index contributed by atoms with van der Waals surface area (Å²) < 4.78 is 0. The second-order valence-corrected chi connectivity index (χ2v) is 3.82. The van der Waals surface area contributed by atoms with Crippen LogP contribution in [0.25, 0.3) is 0 Å². The Hall–Kier alpha value is -0.980. The maximum Gasteiger partial charge on any atom is 0.138 e. The monoisotopic (exact) mass is 208 g/mol. The first-order valence-corrected chi connectivity index (χ1v) is 4.89. The van der Waals surface area contributed by atoms with Crippen LogP contribution in [0.1, 0.15) is 11.1 Å². The van der Waals surface area contributed by atoms with Crippen LogP contribution in [-0.4, -0.2) is 6.21 Å². The smallest absolute Gasteiger partial charge is 0.138 e. The molecule has 13 heavy (non-hydrogen) atoms. The van der Waals surface area contributed by atoms with Gasteiger partial charge >= 0.3 is 0 Å². The molecule has 0 N–H and O–H groups in total. The average molecular weight is 209 g/mol. The number of halogens is 1. The van der Waals surface area contributed by atoms with Crippen molar-refractivity contribution in [1.29, 1.82) is 5.26 Å². The predicted molar refractivity (Wildman–Crippen MR) is 54.2 cm³/mol. The molecular weight excluding hydrogens is 204 g/mol. The van der Waals surface area contributed by atoms with Crippen LogP contribution >= 0.6 is 23.4 Å². The van der Waals surface area contributed by atoms with E-state index < -0.39 is 0 Å². The number of hydrogen-bond acceptors (Lipinski definition) is 3. The maximum atomic E-state index is 8.51. The van der Waals surface area contributed by atoms with Crippen LogP contribution in [0.4, 0.5) is 0 Å². The van der Waals surface area contributed by atoms with Crippen molar-refractivity contribution in [2.45, 2.75) is 11.4 Å². The van der Waals surface area contributed by atoms with Gasteiger partial charge in [-0.2, -0.15) is 5.26 Å². The molecule has 1 aromatic rings. The third-order valence-electron chi connectivity index (χ3n) is 1.87. The predicted octanol–water partition coefficient (Wildman–Crippen LogP) is 2.85. The summed E-state index contributed by atoms with van der Waals surface area (Å²) in [6.45, 7) is 0.701. The van der Waals surface area contributed by atoms with Gasteiger partial charge in [0, 0.05) is 16.7 Å². The lowest BCUT2D eigenvalue weighted by molar-refractivity contribution is 1.11. The fourth-order valence-corrected chi connectivity index (χ4v) is 2.04. The molecule has 1 aliphatic heterocycles. The first kappa shape index (κ1) is 8.61. The summed E-state index contributed by atoms with van der Waals surface area (Å²) in [4.78, 5) is 4.91. The molecule has 0 atom stereocenters. The lowest BCUT2D eigenvalue weighted by Gasteiger charge is -2.03. The van der Waals surface area contributed by atoms with Crippen molar-refractivity contribution in [3.05, 3.63) is 28.3 Å². The Morgan fingerprint density at radius 3 is 3.15 bits per heavy atom. The molecule has 2 rings (SSSR count). The summed E-state index contributed by atoms with van der Waals surface area (Å²) in [6.07, 6.45) is 1.76. The van der Waals surface area contributed by atoms with E-state index in [-0.39, 0.29) is 0 Å². The molecule has 0 unspecified atom stereocenters. The van der Waals surface area contributed by atoms with E-state index in [0.717, 1.165) is 27.8 Å². The SMILES string of the molecule is N#CSc1ccc2c(c1Cl)C=NC2. The van der Waals surface area contributed by atoms with Crippen LogP contribution in [0.15, 0.2) is 22.0 Å². The highest BCUT2D eigenvalue weighted by molar-refractivity contribution is 8.03. The molecule has 0 amide bonds. The van der Waals surface area contributed by atoms with E-state index in [1.54, 1.807) is 6.21 Å². The van der Waals surface area contributed by atoms with Gasteiger partial charge in [-0.1, -0.05) is 17.7 Å². The zero-order valence-corrected chi connectivity index (χ0v) is 8.19. The summed E-state index contributed by atoms with van der Waals surface area (Å²) in [6, 6.07) is 3.83. The number of aliphatic imine (C=N–C) groups is 1. The Morgan fingerprint density at radius 2 is 2.38 bits per heavy atom. The molecular formula is C9H5ClN2S. The van der Waals surface area contributed by atoms with Gasteiger partial charge in [0.05, 0.1) is 11.6 Å². The number of nitriles is 1. The highest BCUT2D eigenvalue weighted by Gasteiger charge is 2.13. The fourth-order valence-electron chi connectivity index (χ4n) is 1.25. The molecule has 0 fully saturated rings. The van der Waals surface area contributed by atoms with E-state index in [9.17, 15) is 0 Å². The molecule has 0 saturated carbocycles. The second-order valence-electron chi connectivity index (χ2n) is 2.61. The molecule has 1 heterocycles. The number of benzene rings is 1. The van der Waals surface area contributed by atoms with Gasteiger partial charge in [0.2, 0.25) is 0 Å². The standard InChI is InChI=1S/C9H5ClN2S/c10-9-7-4-12-3-6(7)1-2-8(9)13-5-11/h1-2,4H,3H2. The van der Waals surface area contributed by atoms with Crippen LogP contribution in [0.5, 0.6) is 0 Å². The number of thioether (sulfide) groups is 1. The first-order valence-electron chi connectivity index (χ1n) is 3.70. The number of rotatable bonds is 1. The summed E-state index contributed by atoms with van der Waals surface area (Å²) in [5, 5.41) is 11.2. The van der Waals surface area contributed by atoms with E-state index in [1.807, 2.05) is 17.5 Å². The van der Waals surface area contributed by atoms with Gasteiger partial charge in [0.25, 0.3) is 0 Å². The second kappa shape index (κ2) is 3.41. The minimum atomic E-state index is 0.644. The van der Waals surface area contributed by atoms with Gasteiger partial charge in [0.1, 0.15) is 5.40 Å². The van der Waals surface area contributed by atoms with E-state index in [2.05, 4.69) is 4.99 Å². The fraction of sp³-hybridized carbons (Fsp3) is 0.111. The number of fused-ring (bicyclic) bond motifs is 1. The van der Waals surface area contributed by atoms with E-state index in [1.165, 1.54) is 0 Å². The highest BCUT2D eigenvalue weighted by Crippen LogP contribution is 2.32. The summed E-state index contributed by atoms with van der Waals surface area (Å²) in [5.41, 5.74) is 2.09. The van der Waals surface area contributed by atoms with Gasteiger partial charge in [-0.25, -0.2) is 0 Å². The summed E-state index contributed by atoms with van der Waals surface area (Å²) in [5.74, 6) is 0. The van der Waals surface area contributed by atoms with Crippen LogP contribution in [-0.2, 0) is 6.54 Å². The zero-order chi connectivity index (χ0) is 9.26. The average Bonchev–Trinajstić information content (AvgIpc) is 2.58. The largest absolute Gasteiger partial charge is 0.288 e. The molecule has 0 bridgehead atoms. The van der Waals surface area contributed by atoms with Crippen molar-refractivity contribution in [2.75, 3.05) is 0 Å². The molecule has 1 aromatic carbocycles. The van der Waals surface area contributed by atoms with Crippen LogP contribution in [0, 0.1) is 10.7 Å². The summed E-state index contributed by atoms with van der Waals surface area (Å²) in [7, 11) is 0. The Morgan fingerprint density at radius 1 is 1.54 bits per heavy atom. The minimum Gasteiger partial charge on any atom is -0.288 e. The number of thiocyanates is 1. The molecule has 0 radical (unpaired) electrons. The quantitative estimate of drug-likeness (QED) is 0.526. The van der Waals surface area contributed by atoms with Gasteiger partial charge in [-0.05, 0) is 23.4 Å². The number of nitrogens with zero attached hydrogens (tertiary/aromatic N) is 2. The molecule has 0 spiro atoms. The van der Waals surface area contributed by atoms with Crippen molar-refractivity contribution < 1.29 is 0 Å². The lowest BCUT2D eigenvalue weighted by Crippen LogP contribution is -1.87. The molecule has 1 aliphatic rings. The highest BCUT2D eigenvalue weighted by atomic mass is 35.5. The number of hydrogen-bond donors (Lipinski definition) is 0. The molecule has 0 aliphatic carbocycles. The molecule has 0 saturated heterocycles. The van der Waals surface area contributed by atoms with Crippen LogP contribution in [0.2, 0.25) is 5.02 Å². The zero-order valence-electron chi connectivity index (χ0n) is 6.62. The van der Waals surface area contributed by atoms with Gasteiger partial charge < -0.3 is 0 Å². The van der Waals surface area contributed by atoms with E-state index >= 15 is 0 Å². The van der Waals surface area contributed by atoms with Crippen LogP contribution in [0.3, 0.4) is 0 Å². The molecule has 4 heteroatoms. The van der Waals surface area contributed by atoms with E-state index in [4.69, 9.17) is 16.9 Å². The first-order chi connectivity index (χ1) is 6.33. The van der Waals surface area contributed by atoms with Gasteiger partial charge in [0.15, 0.2) is 0 Å². The van der Waals surface area contributed by atoms with Crippen LogP contribution < -0.4 is 0 Å². The van der Waals surface area contributed by atoms with Crippen molar-refractivity contribution >= 4 is 29.6 Å². The van der Waals surface area contributed by atoms with Crippen molar-refractivity contribution in [3.8, 4) is 5.40 Å². The normalized spacial score (nSPS) is 12.6. The third-order valence-corrected chi connectivity index (χ3v) is 3.04. The topological polar surface area (TPSA) is 36.1 Å². The lowest BCUT2D eigenvalue weighted by atomic mass is 10.1. The molecule has 0 aromatic heterocycles. The van der Waals surface area contributed by atoms with Gasteiger partial charge in [-0.15, -0.1) is 0 Å². The van der Waals surface area contributed by atoms with Crippen molar-refractivity contribution in [3.63, 3.8) is 0 Å². The Labute approximate surface area is 85.2 Å². The van der Waals surface area contributed by atoms with Gasteiger partial charge in [-0.3, -0.25) is 4.99 Å². The maximum absolute atomic E-state index is 8.51. The van der Waals surface area contributed by atoms with Crippen molar-refractivity contribution in [2.24, 2.45) is 4.99 Å². The third kappa shape index (κ3) is 1.43. The van der Waals surface area contributed by atoms with E-state index in [0.29, 0.717) is 11.6 Å². The Balaban J connectivity index is 2.53. The van der Waals surface area contributed by atoms with Crippen molar-refractivity contribution in [1.82, 2.24) is 0 Å². The Kier molecular flexibility index (Phi) is 2.26. The Bertz CT molecular complexity index is 420. The molecule has 2 nitrogen and oxygen atoms in total. The minimum absolute atomic E-state index is 0.644.